The Morgan fingerprint density at radius 1 is 1.14 bits per heavy atom. The highest BCUT2D eigenvalue weighted by atomic mass is 35.5. The van der Waals surface area contributed by atoms with Crippen LogP contribution in [0.15, 0.2) is 46.2 Å². The van der Waals surface area contributed by atoms with E-state index in [1.54, 1.807) is 0 Å². The van der Waals surface area contributed by atoms with Gasteiger partial charge >= 0.3 is 0 Å². The molecule has 11 heteroatoms. The quantitative estimate of drug-likeness (QED) is 0.650. The summed E-state index contributed by atoms with van der Waals surface area (Å²) < 4.78 is 51.1. The summed E-state index contributed by atoms with van der Waals surface area (Å²) in [6, 6.07) is 9.72. The number of primary sulfonamides is 1. The van der Waals surface area contributed by atoms with Gasteiger partial charge in [0.05, 0.1) is 10.7 Å². The number of hydrogen-bond acceptors (Lipinski definition) is 6. The summed E-state index contributed by atoms with van der Waals surface area (Å²) in [4.78, 5) is 1.51. The van der Waals surface area contributed by atoms with Gasteiger partial charge in [-0.3, -0.25) is 0 Å². The molecule has 1 aliphatic heterocycles. The van der Waals surface area contributed by atoms with Crippen molar-refractivity contribution in [2.45, 2.75) is 29.8 Å². The molecule has 1 heterocycles. The maximum absolute atomic E-state index is 12.7. The number of benzene rings is 2. The summed E-state index contributed by atoms with van der Waals surface area (Å²) in [6.07, 6.45) is -0.723. The van der Waals surface area contributed by atoms with Crippen LogP contribution in [-0.4, -0.2) is 29.9 Å². The summed E-state index contributed by atoms with van der Waals surface area (Å²) in [6.45, 7) is 5.85. The van der Waals surface area contributed by atoms with Crippen LogP contribution >= 0.6 is 11.6 Å². The molecule has 1 atom stereocenters. The third-order valence-electron chi connectivity index (χ3n) is 4.56. The first-order chi connectivity index (χ1) is 13.1. The fourth-order valence-electron chi connectivity index (χ4n) is 3.11. The molecule has 0 aromatic heterocycles. The third-order valence-corrected chi connectivity index (χ3v) is 7.40. The van der Waals surface area contributed by atoms with Gasteiger partial charge in [-0.05, 0) is 43.7 Å². The van der Waals surface area contributed by atoms with Gasteiger partial charge in [0.2, 0.25) is 20.0 Å². The van der Waals surface area contributed by atoms with E-state index < -0.39 is 31.1 Å². The zero-order valence-electron chi connectivity index (χ0n) is 15.3. The van der Waals surface area contributed by atoms with E-state index in [2.05, 4.69) is 28.8 Å². The molecule has 2 aromatic carbocycles. The molecule has 8 nitrogen and oxygen atoms in total. The number of fused-ring (bicyclic) bond motifs is 1. The van der Waals surface area contributed by atoms with Crippen LogP contribution in [0, 0.1) is 0 Å². The van der Waals surface area contributed by atoms with E-state index in [4.69, 9.17) is 16.7 Å². The second-order valence-electron chi connectivity index (χ2n) is 6.29. The van der Waals surface area contributed by atoms with Crippen LogP contribution < -0.4 is 20.1 Å². The van der Waals surface area contributed by atoms with E-state index >= 15 is 0 Å². The fraction of sp³-hybridized carbons (Fsp3) is 0.294. The van der Waals surface area contributed by atoms with E-state index in [1.807, 2.05) is 24.3 Å². The Kier molecular flexibility index (Phi) is 5.61. The van der Waals surface area contributed by atoms with Gasteiger partial charge in [0.1, 0.15) is 16.0 Å². The summed E-state index contributed by atoms with van der Waals surface area (Å²) in [5.41, 5.74) is 1.94. The molecule has 0 saturated carbocycles. The van der Waals surface area contributed by atoms with Gasteiger partial charge in [-0.2, -0.15) is 4.72 Å². The fourth-order valence-corrected chi connectivity index (χ4v) is 5.60. The van der Waals surface area contributed by atoms with Crippen LogP contribution in [0.1, 0.15) is 25.6 Å². The van der Waals surface area contributed by atoms with Gasteiger partial charge < -0.3 is 10.2 Å². The number of hydrogen-bond donors (Lipinski definition) is 3. The molecular formula is C17H21ClN4O4S2. The topological polar surface area (TPSA) is 122 Å². The van der Waals surface area contributed by atoms with Crippen molar-refractivity contribution in [1.29, 1.82) is 0 Å². The minimum absolute atomic E-state index is 0.151. The van der Waals surface area contributed by atoms with E-state index in [0.29, 0.717) is 5.56 Å². The molecule has 1 unspecified atom stereocenters. The summed E-state index contributed by atoms with van der Waals surface area (Å²) >= 11 is 6.00. The monoisotopic (exact) mass is 444 g/mol. The molecule has 2 aromatic rings. The van der Waals surface area contributed by atoms with Gasteiger partial charge in [0.15, 0.2) is 0 Å². The van der Waals surface area contributed by atoms with Crippen molar-refractivity contribution >= 4 is 43.0 Å². The molecule has 28 heavy (non-hydrogen) atoms. The zero-order chi connectivity index (χ0) is 20.7. The maximum Gasteiger partial charge on any atom is 0.244 e. The first-order valence-electron chi connectivity index (χ1n) is 8.57. The van der Waals surface area contributed by atoms with Crippen molar-refractivity contribution in [2.75, 3.05) is 23.3 Å². The average Bonchev–Trinajstić information content (AvgIpc) is 2.61. The molecule has 0 saturated heterocycles. The molecule has 0 aliphatic carbocycles. The standard InChI is InChI=1S/C17H21ClN4O4S2/c1-3-22(4-2)12-7-5-11(6-8-12)17-20-14-9-13(18)15(27(19,23)24)10-16(14)28(25,26)21-17/h5-10,17,20-21H,3-4H2,1-2H3,(H2,19,23,24). The lowest BCUT2D eigenvalue weighted by Crippen LogP contribution is -2.38. The number of sulfonamides is 2. The second-order valence-corrected chi connectivity index (χ2v) is 9.91. The molecule has 3 rings (SSSR count). The van der Waals surface area contributed by atoms with E-state index in [1.165, 1.54) is 6.07 Å². The highest BCUT2D eigenvalue weighted by Gasteiger charge is 2.32. The van der Waals surface area contributed by atoms with Gasteiger partial charge in [-0.25, -0.2) is 22.0 Å². The minimum atomic E-state index is -4.16. The van der Waals surface area contributed by atoms with E-state index in [0.717, 1.165) is 24.8 Å². The van der Waals surface area contributed by atoms with Crippen LogP contribution in [0.2, 0.25) is 5.02 Å². The van der Waals surface area contributed by atoms with Crippen molar-refractivity contribution in [1.82, 2.24) is 4.72 Å². The Bertz CT molecular complexity index is 1100. The van der Waals surface area contributed by atoms with Gasteiger partial charge in [0, 0.05) is 18.8 Å². The third kappa shape index (κ3) is 3.96. The predicted octanol–water partition coefficient (Wildman–Crippen LogP) is 2.24. The SMILES string of the molecule is CCN(CC)c1ccc(C2Nc3cc(Cl)c(S(N)(=O)=O)cc3S(=O)(=O)N2)cc1. The second kappa shape index (κ2) is 7.53. The van der Waals surface area contributed by atoms with Crippen LogP contribution in [0.25, 0.3) is 0 Å². The van der Waals surface area contributed by atoms with E-state index in [9.17, 15) is 16.8 Å². The van der Waals surface area contributed by atoms with Crippen molar-refractivity contribution < 1.29 is 16.8 Å². The summed E-state index contributed by atoms with van der Waals surface area (Å²) in [5, 5.41) is 8.00. The van der Waals surface area contributed by atoms with E-state index in [-0.39, 0.29) is 15.6 Å². The Morgan fingerprint density at radius 2 is 1.75 bits per heavy atom. The van der Waals surface area contributed by atoms with Crippen LogP contribution in [0.4, 0.5) is 11.4 Å². The number of nitrogens with two attached hydrogens (primary N) is 1. The molecule has 1 aliphatic rings. The molecular weight excluding hydrogens is 424 g/mol. The number of nitrogens with one attached hydrogen (secondary N) is 2. The lowest BCUT2D eigenvalue weighted by Gasteiger charge is -2.29. The Labute approximate surface area is 169 Å². The van der Waals surface area contributed by atoms with Crippen molar-refractivity contribution in [3.8, 4) is 0 Å². The van der Waals surface area contributed by atoms with Crippen molar-refractivity contribution in [3.05, 3.63) is 47.0 Å². The van der Waals surface area contributed by atoms with Crippen LogP contribution in [0.3, 0.4) is 0 Å². The normalized spacial score (nSPS) is 18.2. The first-order valence-corrected chi connectivity index (χ1v) is 12.0. The highest BCUT2D eigenvalue weighted by molar-refractivity contribution is 7.90. The van der Waals surface area contributed by atoms with Crippen molar-refractivity contribution in [3.63, 3.8) is 0 Å². The maximum atomic E-state index is 12.7. The zero-order valence-corrected chi connectivity index (χ0v) is 17.7. The molecule has 0 fully saturated rings. The molecule has 0 bridgehead atoms. The minimum Gasteiger partial charge on any atom is -0.372 e. The number of nitrogens with zero attached hydrogens (tertiary/aromatic N) is 1. The van der Waals surface area contributed by atoms with Gasteiger partial charge in [-0.15, -0.1) is 0 Å². The number of rotatable bonds is 5. The highest BCUT2D eigenvalue weighted by Crippen LogP contribution is 2.36. The van der Waals surface area contributed by atoms with Gasteiger partial charge in [-0.1, -0.05) is 23.7 Å². The first kappa shape index (κ1) is 20.9. The average molecular weight is 445 g/mol. The smallest absolute Gasteiger partial charge is 0.244 e. The Morgan fingerprint density at radius 3 is 2.29 bits per heavy atom. The lowest BCUT2D eigenvalue weighted by atomic mass is 10.1. The molecule has 0 spiro atoms. The van der Waals surface area contributed by atoms with Crippen molar-refractivity contribution in [2.24, 2.45) is 5.14 Å². The molecule has 0 radical (unpaired) electrons. The molecule has 152 valence electrons. The number of halogens is 1. The summed E-state index contributed by atoms with van der Waals surface area (Å²) in [7, 11) is -8.13. The lowest BCUT2D eigenvalue weighted by molar-refractivity contribution is 0.562. The molecule has 0 amide bonds. The van der Waals surface area contributed by atoms with Crippen LogP contribution in [0.5, 0.6) is 0 Å². The van der Waals surface area contributed by atoms with Crippen LogP contribution in [-0.2, 0) is 20.0 Å². The molecule has 4 N–H and O–H groups in total. The number of anilines is 2. The predicted molar refractivity (Wildman–Crippen MR) is 110 cm³/mol. The largest absolute Gasteiger partial charge is 0.372 e. The Hall–Kier alpha value is -1.85. The van der Waals surface area contributed by atoms with Gasteiger partial charge in [0.25, 0.3) is 0 Å². The Balaban J connectivity index is 1.99. The summed E-state index contributed by atoms with van der Waals surface area (Å²) in [5.74, 6) is 0.